The molecule has 0 bridgehead atoms. The smallest absolute Gasteiger partial charge is 0.243 e. The normalized spacial score (nSPS) is 15.0. The van der Waals surface area contributed by atoms with Gasteiger partial charge in [0.2, 0.25) is 15.9 Å². The number of sulfonamides is 1. The number of morpholine rings is 1. The Labute approximate surface area is 202 Å². The Hall–Kier alpha value is -2.46. The van der Waals surface area contributed by atoms with E-state index in [2.05, 4.69) is 11.4 Å². The van der Waals surface area contributed by atoms with Gasteiger partial charge in [-0.05, 0) is 51.1 Å². The molecular formula is C25H35N3O5S. The summed E-state index contributed by atoms with van der Waals surface area (Å²) in [6, 6.07) is 12.8. The van der Waals surface area contributed by atoms with Gasteiger partial charge in [0.25, 0.3) is 0 Å². The third-order valence-electron chi connectivity index (χ3n) is 5.50. The summed E-state index contributed by atoms with van der Waals surface area (Å²) in [5.74, 6) is 0.204. The van der Waals surface area contributed by atoms with Gasteiger partial charge in [0.05, 0.1) is 36.4 Å². The molecule has 0 unspecified atom stereocenters. The van der Waals surface area contributed by atoms with Crippen molar-refractivity contribution in [3.8, 4) is 5.75 Å². The molecule has 0 aromatic heterocycles. The van der Waals surface area contributed by atoms with Crippen molar-refractivity contribution in [1.29, 1.82) is 0 Å². The summed E-state index contributed by atoms with van der Waals surface area (Å²) in [6.45, 7) is 10.7. The lowest BCUT2D eigenvalue weighted by Gasteiger charge is -2.26. The zero-order chi connectivity index (χ0) is 24.7. The fraction of sp³-hybridized carbons (Fsp3) is 0.480. The third kappa shape index (κ3) is 7.02. The van der Waals surface area contributed by atoms with Crippen LogP contribution in [0.3, 0.4) is 0 Å². The number of hydrogen-bond acceptors (Lipinski definition) is 6. The van der Waals surface area contributed by atoms with E-state index in [1.54, 1.807) is 6.07 Å². The molecule has 0 saturated carbocycles. The molecule has 1 aliphatic rings. The van der Waals surface area contributed by atoms with Gasteiger partial charge in [0.15, 0.2) is 0 Å². The molecule has 8 nitrogen and oxygen atoms in total. The Balaban J connectivity index is 1.78. The Morgan fingerprint density at radius 3 is 2.56 bits per heavy atom. The number of hydrogen-bond donors (Lipinski definition) is 1. The molecule has 9 heteroatoms. The highest BCUT2D eigenvalue weighted by molar-refractivity contribution is 7.89. The molecule has 1 saturated heterocycles. The average Bonchev–Trinajstić information content (AvgIpc) is 2.80. The summed E-state index contributed by atoms with van der Waals surface area (Å²) < 4.78 is 38.8. The van der Waals surface area contributed by atoms with Crippen LogP contribution in [0.4, 0.5) is 5.69 Å². The zero-order valence-electron chi connectivity index (χ0n) is 20.4. The zero-order valence-corrected chi connectivity index (χ0v) is 21.2. The highest BCUT2D eigenvalue weighted by atomic mass is 32.2. The molecule has 0 aliphatic carbocycles. The summed E-state index contributed by atoms with van der Waals surface area (Å²) in [4.78, 5) is 15.1. The first-order chi connectivity index (χ1) is 16.2. The molecule has 0 radical (unpaired) electrons. The van der Waals surface area contributed by atoms with E-state index in [1.807, 2.05) is 50.8 Å². The van der Waals surface area contributed by atoms with E-state index >= 15 is 0 Å². The minimum atomic E-state index is -3.70. The van der Waals surface area contributed by atoms with Crippen molar-refractivity contribution in [2.24, 2.45) is 0 Å². The number of amides is 1. The van der Waals surface area contributed by atoms with Gasteiger partial charge in [0, 0.05) is 19.6 Å². The molecule has 3 rings (SSSR count). The van der Waals surface area contributed by atoms with E-state index in [4.69, 9.17) is 9.47 Å². The quantitative estimate of drug-likeness (QED) is 0.551. The highest BCUT2D eigenvalue weighted by Crippen LogP contribution is 2.30. The van der Waals surface area contributed by atoms with Crippen LogP contribution >= 0.6 is 0 Å². The van der Waals surface area contributed by atoms with Gasteiger partial charge in [-0.15, -0.1) is 0 Å². The predicted molar refractivity (Wildman–Crippen MR) is 133 cm³/mol. The van der Waals surface area contributed by atoms with E-state index in [0.29, 0.717) is 50.8 Å². The highest BCUT2D eigenvalue weighted by Gasteiger charge is 2.27. The summed E-state index contributed by atoms with van der Waals surface area (Å²) in [5, 5.41) is 2.88. The number of anilines is 1. The van der Waals surface area contributed by atoms with Crippen LogP contribution in [-0.4, -0.2) is 69.0 Å². The van der Waals surface area contributed by atoms with Crippen LogP contribution in [0.15, 0.2) is 47.4 Å². The van der Waals surface area contributed by atoms with Gasteiger partial charge < -0.3 is 14.8 Å². The molecule has 1 heterocycles. The minimum absolute atomic E-state index is 0.118. The standard InChI is InChI=1S/C25H35N3O5S/c1-5-27(17-21-8-6-7-20(4)15-21)18-25(29)26-23-16-22(9-10-24(23)33-19(2)3)34(30,31)28-11-13-32-14-12-28/h6-10,15-16,19H,5,11-14,17-18H2,1-4H3,(H,26,29). The second-order valence-corrected chi connectivity index (χ2v) is 10.6. The Bertz CT molecular complexity index is 1080. The Kier molecular flexibility index (Phi) is 9.07. The molecule has 1 amide bonds. The first kappa shape index (κ1) is 26.2. The van der Waals surface area contributed by atoms with E-state index in [9.17, 15) is 13.2 Å². The van der Waals surface area contributed by atoms with Crippen molar-refractivity contribution in [1.82, 2.24) is 9.21 Å². The second-order valence-electron chi connectivity index (χ2n) is 8.68. The van der Waals surface area contributed by atoms with E-state index in [0.717, 1.165) is 5.56 Å². The number of carbonyl (C=O) groups excluding carboxylic acids is 1. The Morgan fingerprint density at radius 2 is 1.91 bits per heavy atom. The first-order valence-electron chi connectivity index (χ1n) is 11.7. The van der Waals surface area contributed by atoms with Gasteiger partial charge in [-0.3, -0.25) is 9.69 Å². The number of nitrogens with zero attached hydrogens (tertiary/aromatic N) is 2. The fourth-order valence-corrected chi connectivity index (χ4v) is 5.24. The van der Waals surface area contributed by atoms with Crippen LogP contribution < -0.4 is 10.1 Å². The minimum Gasteiger partial charge on any atom is -0.489 e. The molecule has 1 fully saturated rings. The van der Waals surface area contributed by atoms with Gasteiger partial charge in [-0.2, -0.15) is 4.31 Å². The predicted octanol–water partition coefficient (Wildman–Crippen LogP) is 3.26. The third-order valence-corrected chi connectivity index (χ3v) is 7.39. The average molecular weight is 490 g/mol. The molecule has 0 spiro atoms. The molecule has 1 N–H and O–H groups in total. The number of nitrogens with one attached hydrogen (secondary N) is 1. The van der Waals surface area contributed by atoms with Gasteiger partial charge >= 0.3 is 0 Å². The number of ether oxygens (including phenoxy) is 2. The van der Waals surface area contributed by atoms with Crippen LogP contribution in [-0.2, 0) is 26.1 Å². The van der Waals surface area contributed by atoms with E-state index in [-0.39, 0.29) is 23.5 Å². The maximum absolute atomic E-state index is 13.1. The number of likely N-dealkylation sites (N-methyl/N-ethyl adjacent to an activating group) is 1. The van der Waals surface area contributed by atoms with Crippen LogP contribution in [0.5, 0.6) is 5.75 Å². The van der Waals surface area contributed by atoms with Crippen LogP contribution in [0.25, 0.3) is 0 Å². The van der Waals surface area contributed by atoms with Crippen molar-refractivity contribution in [3.05, 3.63) is 53.6 Å². The maximum Gasteiger partial charge on any atom is 0.243 e. The fourth-order valence-electron chi connectivity index (χ4n) is 3.80. The first-order valence-corrected chi connectivity index (χ1v) is 13.1. The van der Waals surface area contributed by atoms with Gasteiger partial charge in [-0.25, -0.2) is 8.42 Å². The Morgan fingerprint density at radius 1 is 1.18 bits per heavy atom. The van der Waals surface area contributed by atoms with E-state index < -0.39 is 10.0 Å². The summed E-state index contributed by atoms with van der Waals surface area (Å²) in [7, 11) is -3.70. The number of benzene rings is 2. The monoisotopic (exact) mass is 489 g/mol. The molecule has 186 valence electrons. The molecule has 2 aromatic rings. The lowest BCUT2D eigenvalue weighted by molar-refractivity contribution is -0.117. The van der Waals surface area contributed by atoms with Crippen molar-refractivity contribution < 1.29 is 22.7 Å². The second kappa shape index (κ2) is 11.8. The van der Waals surface area contributed by atoms with Crippen LogP contribution in [0, 0.1) is 6.92 Å². The van der Waals surface area contributed by atoms with Gasteiger partial charge in [0.1, 0.15) is 5.75 Å². The van der Waals surface area contributed by atoms with Gasteiger partial charge in [-0.1, -0.05) is 36.8 Å². The SMILES string of the molecule is CCN(CC(=O)Nc1cc(S(=O)(=O)N2CCOCC2)ccc1OC(C)C)Cc1cccc(C)c1. The summed E-state index contributed by atoms with van der Waals surface area (Å²) in [5.41, 5.74) is 2.66. The number of aryl methyl sites for hydroxylation is 1. The topological polar surface area (TPSA) is 88.2 Å². The molecule has 2 aromatic carbocycles. The molecular weight excluding hydrogens is 454 g/mol. The lowest BCUT2D eigenvalue weighted by atomic mass is 10.1. The molecule has 34 heavy (non-hydrogen) atoms. The van der Waals surface area contributed by atoms with Crippen molar-refractivity contribution in [2.45, 2.75) is 45.2 Å². The lowest BCUT2D eigenvalue weighted by Crippen LogP contribution is -2.40. The van der Waals surface area contributed by atoms with Crippen molar-refractivity contribution >= 4 is 21.6 Å². The number of carbonyl (C=O) groups is 1. The largest absolute Gasteiger partial charge is 0.489 e. The molecule has 1 aliphatic heterocycles. The van der Waals surface area contributed by atoms with Crippen LogP contribution in [0.2, 0.25) is 0 Å². The van der Waals surface area contributed by atoms with Crippen molar-refractivity contribution in [3.63, 3.8) is 0 Å². The van der Waals surface area contributed by atoms with E-state index in [1.165, 1.54) is 22.0 Å². The summed E-state index contributed by atoms with van der Waals surface area (Å²) >= 11 is 0. The maximum atomic E-state index is 13.1. The van der Waals surface area contributed by atoms with Crippen LogP contribution in [0.1, 0.15) is 31.9 Å². The number of rotatable bonds is 10. The summed E-state index contributed by atoms with van der Waals surface area (Å²) in [6.07, 6.45) is -0.134. The van der Waals surface area contributed by atoms with Crippen molar-refractivity contribution in [2.75, 3.05) is 44.7 Å². The molecule has 0 atom stereocenters.